The molecule has 2 rings (SSSR count). The van der Waals surface area contributed by atoms with E-state index in [9.17, 15) is 4.79 Å². The van der Waals surface area contributed by atoms with Gasteiger partial charge in [-0.2, -0.15) is 0 Å². The summed E-state index contributed by atoms with van der Waals surface area (Å²) in [5.41, 5.74) is 6.95. The first-order valence-corrected chi connectivity index (χ1v) is 8.33. The lowest BCUT2D eigenvalue weighted by atomic mass is 10.0. The Kier molecular flexibility index (Phi) is 6.71. The Labute approximate surface area is 148 Å². The molecule has 3 N–H and O–H groups in total. The third-order valence-corrected chi connectivity index (χ3v) is 4.13. The quantitative estimate of drug-likeness (QED) is 0.760. The number of carbonyl (C=O) groups excluding carboxylic acids is 1. The van der Waals surface area contributed by atoms with E-state index >= 15 is 0 Å². The second kappa shape index (κ2) is 8.98. The molecule has 2 aromatic rings. The van der Waals surface area contributed by atoms with Gasteiger partial charge < -0.3 is 15.8 Å². The van der Waals surface area contributed by atoms with Crippen molar-refractivity contribution in [2.45, 2.75) is 19.9 Å². The van der Waals surface area contributed by atoms with Crippen LogP contribution in [0.1, 0.15) is 35.9 Å². The van der Waals surface area contributed by atoms with Crippen molar-refractivity contribution in [3.8, 4) is 5.75 Å². The number of aromatic nitrogens is 2. The Morgan fingerprint density at radius 1 is 1.28 bits per heavy atom. The van der Waals surface area contributed by atoms with Crippen LogP contribution in [0.5, 0.6) is 5.75 Å². The van der Waals surface area contributed by atoms with Gasteiger partial charge in [-0.25, -0.2) is 9.97 Å². The number of nitrogen functional groups attached to an aromatic ring is 1. The van der Waals surface area contributed by atoms with Crippen molar-refractivity contribution >= 4 is 11.7 Å². The maximum Gasteiger partial charge on any atom is 0.273 e. The van der Waals surface area contributed by atoms with E-state index in [0.717, 1.165) is 24.4 Å². The molecule has 0 fully saturated rings. The van der Waals surface area contributed by atoms with E-state index in [-0.39, 0.29) is 23.5 Å². The van der Waals surface area contributed by atoms with Crippen molar-refractivity contribution < 1.29 is 9.53 Å². The number of anilines is 1. The highest BCUT2D eigenvalue weighted by Gasteiger charge is 2.21. The number of hydrogen-bond acceptors (Lipinski definition) is 6. The monoisotopic (exact) mass is 343 g/mol. The number of nitrogens with one attached hydrogen (secondary N) is 1. The largest absolute Gasteiger partial charge is 0.497 e. The molecule has 134 valence electrons. The van der Waals surface area contributed by atoms with Crippen LogP contribution in [-0.4, -0.2) is 47.5 Å². The number of hydrogen-bond donors (Lipinski definition) is 2. The van der Waals surface area contributed by atoms with Gasteiger partial charge in [0, 0.05) is 18.9 Å². The molecule has 1 amide bonds. The first-order valence-electron chi connectivity index (χ1n) is 8.33. The van der Waals surface area contributed by atoms with E-state index in [0.29, 0.717) is 6.54 Å². The Morgan fingerprint density at radius 2 is 2.00 bits per heavy atom. The number of nitrogens with zero attached hydrogens (tertiary/aromatic N) is 3. The van der Waals surface area contributed by atoms with Crippen molar-refractivity contribution in [3.63, 3.8) is 0 Å². The van der Waals surface area contributed by atoms with Crippen molar-refractivity contribution in [3.05, 3.63) is 47.9 Å². The van der Waals surface area contributed by atoms with Gasteiger partial charge in [-0.05, 0) is 30.8 Å². The molecule has 1 aromatic carbocycles. The van der Waals surface area contributed by atoms with Crippen LogP contribution in [0.25, 0.3) is 0 Å². The molecular weight excluding hydrogens is 318 g/mol. The Hall–Kier alpha value is -2.67. The van der Waals surface area contributed by atoms with Gasteiger partial charge in [0.2, 0.25) is 0 Å². The molecule has 1 unspecified atom stereocenters. The molecule has 0 aliphatic heterocycles. The van der Waals surface area contributed by atoms with Gasteiger partial charge in [0.25, 0.3) is 5.91 Å². The van der Waals surface area contributed by atoms with E-state index in [2.05, 4.69) is 34.0 Å². The van der Waals surface area contributed by atoms with Crippen molar-refractivity contribution in [2.75, 3.05) is 32.5 Å². The van der Waals surface area contributed by atoms with E-state index in [1.165, 1.54) is 12.4 Å². The molecule has 0 aliphatic rings. The zero-order chi connectivity index (χ0) is 18.2. The summed E-state index contributed by atoms with van der Waals surface area (Å²) >= 11 is 0. The third kappa shape index (κ3) is 4.67. The summed E-state index contributed by atoms with van der Waals surface area (Å²) in [6.45, 7) is 6.35. The number of carbonyl (C=O) groups is 1. The molecule has 0 bridgehead atoms. The zero-order valence-electron chi connectivity index (χ0n) is 14.9. The molecule has 0 saturated carbocycles. The number of ether oxygens (including phenoxy) is 1. The SMILES string of the molecule is CCN(CC)C(CNC(=O)c1nccnc1N)c1cccc(OC)c1. The van der Waals surface area contributed by atoms with Crippen LogP contribution >= 0.6 is 0 Å². The van der Waals surface area contributed by atoms with E-state index in [4.69, 9.17) is 10.5 Å². The normalized spacial score (nSPS) is 12.0. The number of benzene rings is 1. The minimum Gasteiger partial charge on any atom is -0.497 e. The highest BCUT2D eigenvalue weighted by atomic mass is 16.5. The lowest BCUT2D eigenvalue weighted by Gasteiger charge is -2.30. The highest BCUT2D eigenvalue weighted by Crippen LogP contribution is 2.24. The van der Waals surface area contributed by atoms with E-state index in [1.54, 1.807) is 7.11 Å². The third-order valence-electron chi connectivity index (χ3n) is 4.13. The number of methoxy groups -OCH3 is 1. The van der Waals surface area contributed by atoms with Gasteiger partial charge in [0.1, 0.15) is 5.75 Å². The van der Waals surface area contributed by atoms with Crippen LogP contribution in [-0.2, 0) is 0 Å². The fourth-order valence-electron chi connectivity index (χ4n) is 2.77. The number of likely N-dealkylation sites (N-methyl/N-ethyl adjacent to an activating group) is 1. The van der Waals surface area contributed by atoms with Crippen LogP contribution in [0.3, 0.4) is 0 Å². The lowest BCUT2D eigenvalue weighted by molar-refractivity contribution is 0.0930. The van der Waals surface area contributed by atoms with Gasteiger partial charge in [-0.3, -0.25) is 9.69 Å². The molecule has 1 atom stereocenters. The zero-order valence-corrected chi connectivity index (χ0v) is 14.9. The molecule has 0 radical (unpaired) electrons. The number of amides is 1. The molecule has 0 aliphatic carbocycles. The number of rotatable bonds is 8. The molecule has 0 spiro atoms. The van der Waals surface area contributed by atoms with Crippen molar-refractivity contribution in [1.82, 2.24) is 20.2 Å². The standard InChI is InChI=1S/C18H25N5O2/c1-4-23(5-2)15(13-7-6-8-14(11-13)25-3)12-22-18(24)16-17(19)21-10-9-20-16/h6-11,15H,4-5,12H2,1-3H3,(H2,19,21)(H,22,24). The summed E-state index contributed by atoms with van der Waals surface area (Å²) in [7, 11) is 1.64. The molecule has 1 heterocycles. The summed E-state index contributed by atoms with van der Waals surface area (Å²) in [4.78, 5) is 22.6. The topological polar surface area (TPSA) is 93.4 Å². The van der Waals surface area contributed by atoms with Crippen molar-refractivity contribution in [2.24, 2.45) is 0 Å². The molecule has 7 heteroatoms. The van der Waals surface area contributed by atoms with Crippen LogP contribution in [0.4, 0.5) is 5.82 Å². The maximum atomic E-state index is 12.4. The minimum absolute atomic E-state index is 0.0203. The van der Waals surface area contributed by atoms with Crippen LogP contribution < -0.4 is 15.8 Å². The van der Waals surface area contributed by atoms with E-state index in [1.807, 2.05) is 24.3 Å². The minimum atomic E-state index is -0.328. The fraction of sp³-hybridized carbons (Fsp3) is 0.389. The molecule has 7 nitrogen and oxygen atoms in total. The van der Waals surface area contributed by atoms with E-state index < -0.39 is 0 Å². The van der Waals surface area contributed by atoms with Crippen LogP contribution in [0, 0.1) is 0 Å². The summed E-state index contributed by atoms with van der Waals surface area (Å²) < 4.78 is 5.32. The highest BCUT2D eigenvalue weighted by molar-refractivity contribution is 5.96. The summed E-state index contributed by atoms with van der Waals surface area (Å²) in [6.07, 6.45) is 2.91. The van der Waals surface area contributed by atoms with Crippen LogP contribution in [0.2, 0.25) is 0 Å². The Morgan fingerprint density at radius 3 is 2.64 bits per heavy atom. The maximum absolute atomic E-state index is 12.4. The van der Waals surface area contributed by atoms with Crippen LogP contribution in [0.15, 0.2) is 36.7 Å². The molecular formula is C18H25N5O2. The molecule has 25 heavy (non-hydrogen) atoms. The molecule has 0 saturated heterocycles. The van der Waals surface area contributed by atoms with Gasteiger partial charge >= 0.3 is 0 Å². The fourth-order valence-corrected chi connectivity index (χ4v) is 2.77. The predicted molar refractivity (Wildman–Crippen MR) is 97.4 cm³/mol. The summed E-state index contributed by atoms with van der Waals surface area (Å²) in [5, 5.41) is 2.92. The predicted octanol–water partition coefficient (Wildman–Crippen LogP) is 1.88. The lowest BCUT2D eigenvalue weighted by Crippen LogP contribution is -2.38. The van der Waals surface area contributed by atoms with Gasteiger partial charge in [0.15, 0.2) is 11.5 Å². The van der Waals surface area contributed by atoms with Gasteiger partial charge in [-0.1, -0.05) is 26.0 Å². The van der Waals surface area contributed by atoms with Gasteiger partial charge in [0.05, 0.1) is 13.2 Å². The summed E-state index contributed by atoms with van der Waals surface area (Å²) in [5.74, 6) is 0.588. The first-order chi connectivity index (χ1) is 12.1. The average Bonchev–Trinajstić information content (AvgIpc) is 2.65. The summed E-state index contributed by atoms with van der Waals surface area (Å²) in [6, 6.07) is 7.90. The Bertz CT molecular complexity index is 703. The van der Waals surface area contributed by atoms with Gasteiger partial charge in [-0.15, -0.1) is 0 Å². The first kappa shape index (κ1) is 18.7. The van der Waals surface area contributed by atoms with Crippen molar-refractivity contribution in [1.29, 1.82) is 0 Å². The number of nitrogens with two attached hydrogens (primary N) is 1. The second-order valence-electron chi connectivity index (χ2n) is 5.51. The molecule has 1 aromatic heterocycles. The Balaban J connectivity index is 2.19. The smallest absolute Gasteiger partial charge is 0.273 e. The second-order valence-corrected chi connectivity index (χ2v) is 5.51. The average molecular weight is 343 g/mol.